The summed E-state index contributed by atoms with van der Waals surface area (Å²) in [5.41, 5.74) is 0. The molecule has 88 valence electrons. The summed E-state index contributed by atoms with van der Waals surface area (Å²) in [4.78, 5) is 0. The van der Waals surface area contributed by atoms with Gasteiger partial charge in [-0.1, -0.05) is 0 Å². The van der Waals surface area contributed by atoms with Crippen LogP contribution in [0.1, 0.15) is 32.6 Å². The number of nitrogens with one attached hydrogen (secondary N) is 1. The van der Waals surface area contributed by atoms with Crippen LogP contribution >= 0.6 is 0 Å². The summed E-state index contributed by atoms with van der Waals surface area (Å²) in [5.74, 6) is 0.714. The molecule has 2 rings (SSSR count). The van der Waals surface area contributed by atoms with Gasteiger partial charge in [0, 0.05) is 25.8 Å². The summed E-state index contributed by atoms with van der Waals surface area (Å²) in [6, 6.07) is 1.25. The number of rotatable bonds is 4. The Morgan fingerprint density at radius 2 is 2.20 bits per heavy atom. The fourth-order valence-corrected chi connectivity index (χ4v) is 2.76. The van der Waals surface area contributed by atoms with Crippen molar-refractivity contribution in [2.45, 2.75) is 50.8 Å². The van der Waals surface area contributed by atoms with Crippen LogP contribution in [0.15, 0.2) is 0 Å². The fourth-order valence-electron chi connectivity index (χ4n) is 2.76. The van der Waals surface area contributed by atoms with Crippen molar-refractivity contribution in [2.24, 2.45) is 5.92 Å². The zero-order valence-corrected chi connectivity index (χ0v) is 9.87. The molecule has 1 heterocycles. The van der Waals surface area contributed by atoms with E-state index in [0.717, 1.165) is 13.2 Å². The molecule has 4 atom stereocenters. The van der Waals surface area contributed by atoms with E-state index in [2.05, 4.69) is 12.2 Å². The molecule has 1 N–H and O–H groups in total. The normalized spacial score (nSPS) is 38.4. The number of ether oxygens (including phenoxy) is 2. The maximum atomic E-state index is 5.42. The van der Waals surface area contributed by atoms with Gasteiger partial charge < -0.3 is 14.8 Å². The van der Waals surface area contributed by atoms with Crippen LogP contribution in [0.3, 0.4) is 0 Å². The van der Waals surface area contributed by atoms with Gasteiger partial charge in [-0.2, -0.15) is 0 Å². The van der Waals surface area contributed by atoms with Crippen LogP contribution in [0.4, 0.5) is 0 Å². The molecular formula is C12H23NO2. The highest BCUT2D eigenvalue weighted by Crippen LogP contribution is 2.24. The SMILES string of the molecule is COC1CCC(NC(C)C2CCOC2)C1. The van der Waals surface area contributed by atoms with Crippen LogP contribution in [0, 0.1) is 5.92 Å². The summed E-state index contributed by atoms with van der Waals surface area (Å²) < 4.78 is 10.8. The Labute approximate surface area is 92.5 Å². The van der Waals surface area contributed by atoms with E-state index in [4.69, 9.17) is 9.47 Å². The fraction of sp³-hybridized carbons (Fsp3) is 1.00. The molecule has 3 nitrogen and oxygen atoms in total. The van der Waals surface area contributed by atoms with Crippen molar-refractivity contribution in [3.63, 3.8) is 0 Å². The third-order valence-corrected chi connectivity index (χ3v) is 3.89. The summed E-state index contributed by atoms with van der Waals surface area (Å²) in [5, 5.41) is 3.73. The van der Waals surface area contributed by atoms with Gasteiger partial charge in [0.1, 0.15) is 0 Å². The zero-order chi connectivity index (χ0) is 10.7. The minimum Gasteiger partial charge on any atom is -0.381 e. The molecule has 1 saturated heterocycles. The topological polar surface area (TPSA) is 30.5 Å². The second-order valence-electron chi connectivity index (χ2n) is 4.95. The third kappa shape index (κ3) is 2.92. The molecule has 2 fully saturated rings. The Morgan fingerprint density at radius 3 is 2.80 bits per heavy atom. The summed E-state index contributed by atoms with van der Waals surface area (Å²) in [6.07, 6.45) is 5.34. The second-order valence-corrected chi connectivity index (χ2v) is 4.95. The highest BCUT2D eigenvalue weighted by molar-refractivity contribution is 4.85. The molecule has 0 aromatic carbocycles. The first-order chi connectivity index (χ1) is 7.29. The van der Waals surface area contributed by atoms with Crippen LogP contribution in [0.5, 0.6) is 0 Å². The molecule has 0 radical (unpaired) electrons. The lowest BCUT2D eigenvalue weighted by Gasteiger charge is -2.23. The Balaban J connectivity index is 1.72. The van der Waals surface area contributed by atoms with Crippen molar-refractivity contribution in [1.82, 2.24) is 5.32 Å². The van der Waals surface area contributed by atoms with Crippen molar-refractivity contribution in [3.8, 4) is 0 Å². The van der Waals surface area contributed by atoms with Gasteiger partial charge in [0.05, 0.1) is 12.7 Å². The van der Waals surface area contributed by atoms with E-state index >= 15 is 0 Å². The second kappa shape index (κ2) is 5.28. The van der Waals surface area contributed by atoms with Crippen LogP contribution in [0.25, 0.3) is 0 Å². The summed E-state index contributed by atoms with van der Waals surface area (Å²) in [7, 11) is 1.82. The quantitative estimate of drug-likeness (QED) is 0.769. The molecule has 0 aromatic rings. The Kier molecular flexibility index (Phi) is 4.00. The highest BCUT2D eigenvalue weighted by Gasteiger charge is 2.28. The van der Waals surface area contributed by atoms with E-state index in [1.54, 1.807) is 0 Å². The number of methoxy groups -OCH3 is 1. The van der Waals surface area contributed by atoms with Gasteiger partial charge in [-0.05, 0) is 38.5 Å². The van der Waals surface area contributed by atoms with Crippen molar-refractivity contribution >= 4 is 0 Å². The van der Waals surface area contributed by atoms with Gasteiger partial charge in [-0.3, -0.25) is 0 Å². The molecule has 1 aliphatic carbocycles. The minimum atomic E-state index is 0.481. The van der Waals surface area contributed by atoms with E-state index < -0.39 is 0 Å². The predicted octanol–water partition coefficient (Wildman–Crippen LogP) is 1.57. The van der Waals surface area contributed by atoms with Crippen molar-refractivity contribution in [2.75, 3.05) is 20.3 Å². The Morgan fingerprint density at radius 1 is 1.33 bits per heavy atom. The maximum absolute atomic E-state index is 5.42. The minimum absolute atomic E-state index is 0.481. The monoisotopic (exact) mass is 213 g/mol. The molecule has 15 heavy (non-hydrogen) atoms. The van der Waals surface area contributed by atoms with E-state index in [0.29, 0.717) is 24.1 Å². The van der Waals surface area contributed by atoms with Crippen LogP contribution in [-0.2, 0) is 9.47 Å². The van der Waals surface area contributed by atoms with E-state index in [9.17, 15) is 0 Å². The molecule has 0 aromatic heterocycles. The Hall–Kier alpha value is -0.120. The highest BCUT2D eigenvalue weighted by atomic mass is 16.5. The summed E-state index contributed by atoms with van der Waals surface area (Å²) >= 11 is 0. The molecule has 2 aliphatic rings. The van der Waals surface area contributed by atoms with E-state index in [-0.39, 0.29) is 0 Å². The molecule has 1 aliphatic heterocycles. The van der Waals surface area contributed by atoms with Gasteiger partial charge in [-0.25, -0.2) is 0 Å². The Bertz CT molecular complexity index is 192. The molecular weight excluding hydrogens is 190 g/mol. The smallest absolute Gasteiger partial charge is 0.0586 e. The molecule has 0 spiro atoms. The van der Waals surface area contributed by atoms with Crippen molar-refractivity contribution < 1.29 is 9.47 Å². The van der Waals surface area contributed by atoms with Crippen molar-refractivity contribution in [3.05, 3.63) is 0 Å². The average molecular weight is 213 g/mol. The first-order valence-corrected chi connectivity index (χ1v) is 6.16. The van der Waals surface area contributed by atoms with Gasteiger partial charge in [0.2, 0.25) is 0 Å². The lowest BCUT2D eigenvalue weighted by atomic mass is 9.99. The van der Waals surface area contributed by atoms with Gasteiger partial charge in [0.15, 0.2) is 0 Å². The standard InChI is InChI=1S/C12H23NO2/c1-9(10-5-6-15-8-10)13-11-3-4-12(7-11)14-2/h9-13H,3-8H2,1-2H3. The van der Waals surface area contributed by atoms with E-state index in [1.165, 1.54) is 25.7 Å². The molecule has 0 amide bonds. The lowest BCUT2D eigenvalue weighted by Crippen LogP contribution is -2.40. The average Bonchev–Trinajstić information content (AvgIpc) is 2.87. The molecule has 4 unspecified atom stereocenters. The van der Waals surface area contributed by atoms with Gasteiger partial charge in [0.25, 0.3) is 0 Å². The van der Waals surface area contributed by atoms with Crippen LogP contribution in [-0.4, -0.2) is 38.5 Å². The third-order valence-electron chi connectivity index (χ3n) is 3.89. The van der Waals surface area contributed by atoms with Crippen LogP contribution < -0.4 is 5.32 Å². The first-order valence-electron chi connectivity index (χ1n) is 6.16. The first kappa shape index (κ1) is 11.4. The summed E-state index contributed by atoms with van der Waals surface area (Å²) in [6.45, 7) is 4.18. The van der Waals surface area contributed by atoms with Gasteiger partial charge >= 0.3 is 0 Å². The van der Waals surface area contributed by atoms with Crippen molar-refractivity contribution in [1.29, 1.82) is 0 Å². The largest absolute Gasteiger partial charge is 0.381 e. The predicted molar refractivity (Wildman–Crippen MR) is 60.0 cm³/mol. The van der Waals surface area contributed by atoms with Gasteiger partial charge in [-0.15, -0.1) is 0 Å². The molecule has 3 heteroatoms. The van der Waals surface area contributed by atoms with E-state index in [1.807, 2.05) is 7.11 Å². The molecule has 1 saturated carbocycles. The zero-order valence-electron chi connectivity index (χ0n) is 9.87. The maximum Gasteiger partial charge on any atom is 0.0586 e. The molecule has 0 bridgehead atoms. The van der Waals surface area contributed by atoms with Crippen LogP contribution in [0.2, 0.25) is 0 Å². The number of hydrogen-bond donors (Lipinski definition) is 1. The lowest BCUT2D eigenvalue weighted by molar-refractivity contribution is 0.106. The number of hydrogen-bond acceptors (Lipinski definition) is 3.